The van der Waals surface area contributed by atoms with Crippen molar-refractivity contribution in [2.45, 2.75) is 4.90 Å². The predicted molar refractivity (Wildman–Crippen MR) is 122 cm³/mol. The molecule has 170 valence electrons. The van der Waals surface area contributed by atoms with Crippen LogP contribution in [0, 0.1) is 5.82 Å². The van der Waals surface area contributed by atoms with E-state index in [9.17, 15) is 17.6 Å². The van der Waals surface area contributed by atoms with Crippen LogP contribution in [0.3, 0.4) is 0 Å². The number of rotatable bonds is 4. The minimum atomic E-state index is -3.97. The van der Waals surface area contributed by atoms with Crippen LogP contribution in [0.1, 0.15) is 0 Å². The molecule has 2 aromatic heterocycles. The van der Waals surface area contributed by atoms with Gasteiger partial charge in [0.15, 0.2) is 0 Å². The lowest BCUT2D eigenvalue weighted by Gasteiger charge is -2.35. The van der Waals surface area contributed by atoms with Crippen molar-refractivity contribution >= 4 is 38.3 Å². The molecule has 0 saturated carbocycles. The van der Waals surface area contributed by atoms with Gasteiger partial charge in [0.1, 0.15) is 15.7 Å². The molecule has 0 bridgehead atoms. The molecule has 0 unspecified atom stereocenters. The van der Waals surface area contributed by atoms with Gasteiger partial charge in [0.05, 0.1) is 22.9 Å². The Morgan fingerprint density at radius 1 is 1.00 bits per heavy atom. The van der Waals surface area contributed by atoms with Crippen LogP contribution in [0.2, 0.25) is 5.02 Å². The Labute approximate surface area is 193 Å². The number of imidazole rings is 1. The molecule has 12 heteroatoms. The lowest BCUT2D eigenvalue weighted by Crippen LogP contribution is -2.49. The van der Waals surface area contributed by atoms with Gasteiger partial charge in [-0.15, -0.1) is 0 Å². The second kappa shape index (κ2) is 8.25. The summed E-state index contributed by atoms with van der Waals surface area (Å²) in [6.45, 7) is 0.756. The number of para-hydroxylation sites is 2. The zero-order chi connectivity index (χ0) is 23.2. The quantitative estimate of drug-likeness (QED) is 0.473. The number of anilines is 1. The van der Waals surface area contributed by atoms with Crippen LogP contribution in [-0.2, 0) is 10.0 Å². The molecule has 1 aliphatic rings. The Morgan fingerprint density at radius 3 is 2.42 bits per heavy atom. The molecule has 1 fully saturated rings. The first-order valence-corrected chi connectivity index (χ1v) is 11.9. The standard InChI is InChI=1S/C21H18ClFN6O3S/c22-19-17(13-24-29(20(19)30)21-25-15-6-2-3-7-16(15)26-21)27-9-11-28(12-10-27)33(31,32)18-8-4-1-5-14(18)23/h1-8,13H,9-12H2,(H,25,26). The van der Waals surface area contributed by atoms with E-state index in [-0.39, 0.29) is 42.0 Å². The first-order valence-electron chi connectivity index (χ1n) is 10.1. The molecule has 1 saturated heterocycles. The Morgan fingerprint density at radius 2 is 1.70 bits per heavy atom. The topological polar surface area (TPSA) is 104 Å². The molecule has 2 aromatic carbocycles. The number of sulfonamides is 1. The Kier molecular flexibility index (Phi) is 5.39. The van der Waals surface area contributed by atoms with Crippen molar-refractivity contribution in [2.75, 3.05) is 31.1 Å². The fraction of sp³-hybridized carbons (Fsp3) is 0.190. The third-order valence-corrected chi connectivity index (χ3v) is 7.80. The third-order valence-electron chi connectivity index (χ3n) is 5.51. The van der Waals surface area contributed by atoms with Crippen molar-refractivity contribution < 1.29 is 12.8 Å². The molecule has 1 N–H and O–H groups in total. The molecular formula is C21H18ClFN6O3S. The van der Waals surface area contributed by atoms with Crippen LogP contribution in [0.5, 0.6) is 0 Å². The smallest absolute Gasteiger partial charge is 0.295 e. The van der Waals surface area contributed by atoms with Gasteiger partial charge in [-0.25, -0.2) is 17.8 Å². The van der Waals surface area contributed by atoms with Crippen molar-refractivity contribution in [3.05, 3.63) is 75.9 Å². The highest BCUT2D eigenvalue weighted by Crippen LogP contribution is 2.26. The van der Waals surface area contributed by atoms with Gasteiger partial charge in [-0.2, -0.15) is 14.1 Å². The highest BCUT2D eigenvalue weighted by atomic mass is 35.5. The number of halogens is 2. The fourth-order valence-corrected chi connectivity index (χ4v) is 5.53. The van der Waals surface area contributed by atoms with Crippen molar-refractivity contribution in [1.82, 2.24) is 24.1 Å². The summed E-state index contributed by atoms with van der Waals surface area (Å²) in [7, 11) is -3.97. The highest BCUT2D eigenvalue weighted by molar-refractivity contribution is 7.89. The van der Waals surface area contributed by atoms with Crippen LogP contribution in [0.15, 0.2) is 64.4 Å². The molecule has 0 atom stereocenters. The van der Waals surface area contributed by atoms with Crippen molar-refractivity contribution in [2.24, 2.45) is 0 Å². The lowest BCUT2D eigenvalue weighted by molar-refractivity contribution is 0.382. The molecule has 0 amide bonds. The normalized spacial score (nSPS) is 15.3. The number of hydrogen-bond acceptors (Lipinski definition) is 6. The number of fused-ring (bicyclic) bond motifs is 1. The summed E-state index contributed by atoms with van der Waals surface area (Å²) in [6, 6.07) is 12.6. The minimum absolute atomic E-state index is 0.0455. The molecule has 0 spiro atoms. The van der Waals surface area contributed by atoms with Crippen LogP contribution in [0.4, 0.5) is 10.1 Å². The largest absolute Gasteiger partial charge is 0.366 e. The predicted octanol–water partition coefficient (Wildman–Crippen LogP) is 2.41. The summed E-state index contributed by atoms with van der Waals surface area (Å²) in [6.07, 6.45) is 1.46. The van der Waals surface area contributed by atoms with Gasteiger partial charge in [-0.3, -0.25) is 4.79 Å². The monoisotopic (exact) mass is 488 g/mol. The average Bonchev–Trinajstić information content (AvgIpc) is 3.25. The molecule has 4 aromatic rings. The maximum absolute atomic E-state index is 14.0. The van der Waals surface area contributed by atoms with E-state index in [0.29, 0.717) is 11.2 Å². The van der Waals surface area contributed by atoms with Crippen molar-refractivity contribution in [3.63, 3.8) is 0 Å². The summed E-state index contributed by atoms with van der Waals surface area (Å²) < 4.78 is 42.0. The lowest BCUT2D eigenvalue weighted by atomic mass is 10.3. The van der Waals surface area contributed by atoms with E-state index in [0.717, 1.165) is 16.3 Å². The highest BCUT2D eigenvalue weighted by Gasteiger charge is 2.31. The Balaban J connectivity index is 1.38. The Bertz CT molecular complexity index is 1480. The first kappa shape index (κ1) is 21.6. The molecule has 9 nitrogen and oxygen atoms in total. The Hall–Kier alpha value is -3.28. The van der Waals surface area contributed by atoms with Gasteiger partial charge in [-0.1, -0.05) is 35.9 Å². The summed E-state index contributed by atoms with van der Waals surface area (Å²) in [5.74, 6) is -0.545. The van der Waals surface area contributed by atoms with Crippen molar-refractivity contribution in [1.29, 1.82) is 0 Å². The zero-order valence-corrected chi connectivity index (χ0v) is 18.7. The third kappa shape index (κ3) is 3.77. The van der Waals surface area contributed by atoms with Gasteiger partial charge < -0.3 is 9.88 Å². The summed E-state index contributed by atoms with van der Waals surface area (Å²) in [5.41, 5.74) is 1.30. The van der Waals surface area contributed by atoms with Gasteiger partial charge in [0.2, 0.25) is 16.0 Å². The fourth-order valence-electron chi connectivity index (χ4n) is 3.80. The number of H-pyrrole nitrogens is 1. The number of nitrogens with zero attached hydrogens (tertiary/aromatic N) is 5. The van der Waals surface area contributed by atoms with Crippen LogP contribution < -0.4 is 10.5 Å². The van der Waals surface area contributed by atoms with E-state index in [1.54, 1.807) is 4.90 Å². The van der Waals surface area contributed by atoms with Gasteiger partial charge in [0.25, 0.3) is 5.56 Å². The minimum Gasteiger partial charge on any atom is -0.366 e. The van der Waals surface area contributed by atoms with Crippen LogP contribution in [-0.4, -0.2) is 58.7 Å². The summed E-state index contributed by atoms with van der Waals surface area (Å²) >= 11 is 6.39. The molecule has 33 heavy (non-hydrogen) atoms. The molecule has 5 rings (SSSR count). The SMILES string of the molecule is O=c1c(Cl)c(N2CCN(S(=O)(=O)c3ccccc3F)CC2)cnn1-c1nc2ccccc2[nH]1. The number of piperazine rings is 1. The first-order chi connectivity index (χ1) is 15.9. The molecular weight excluding hydrogens is 471 g/mol. The van der Waals surface area contributed by atoms with Crippen LogP contribution >= 0.6 is 11.6 Å². The van der Waals surface area contributed by atoms with Gasteiger partial charge >= 0.3 is 0 Å². The number of aromatic amines is 1. The van der Waals surface area contributed by atoms with E-state index in [2.05, 4.69) is 15.1 Å². The maximum atomic E-state index is 14.0. The van der Waals surface area contributed by atoms with E-state index in [1.807, 2.05) is 24.3 Å². The van der Waals surface area contributed by atoms with Gasteiger partial charge in [0, 0.05) is 26.2 Å². The van der Waals surface area contributed by atoms with E-state index in [1.165, 1.54) is 28.7 Å². The summed E-state index contributed by atoms with van der Waals surface area (Å²) in [4.78, 5) is 21.7. The molecule has 3 heterocycles. The molecule has 0 aliphatic carbocycles. The second-order valence-electron chi connectivity index (χ2n) is 7.46. The van der Waals surface area contributed by atoms with E-state index in [4.69, 9.17) is 11.6 Å². The number of nitrogens with one attached hydrogen (secondary N) is 1. The van der Waals surface area contributed by atoms with E-state index >= 15 is 0 Å². The zero-order valence-electron chi connectivity index (χ0n) is 17.1. The van der Waals surface area contributed by atoms with Crippen LogP contribution in [0.25, 0.3) is 17.0 Å². The van der Waals surface area contributed by atoms with Gasteiger partial charge in [-0.05, 0) is 24.3 Å². The second-order valence-corrected chi connectivity index (χ2v) is 9.74. The number of benzene rings is 2. The molecule has 0 radical (unpaired) electrons. The molecule has 1 aliphatic heterocycles. The van der Waals surface area contributed by atoms with Crippen molar-refractivity contribution in [3.8, 4) is 5.95 Å². The maximum Gasteiger partial charge on any atom is 0.295 e. The summed E-state index contributed by atoms with van der Waals surface area (Å²) in [5, 5.41) is 4.16. The number of hydrogen-bond donors (Lipinski definition) is 1. The number of aromatic nitrogens is 4. The average molecular weight is 489 g/mol. The van der Waals surface area contributed by atoms with E-state index < -0.39 is 21.4 Å².